The molecular formula is C16H23NO3. The summed E-state index contributed by atoms with van der Waals surface area (Å²) in [6.45, 7) is 2.00. The molecule has 0 unspecified atom stereocenters. The van der Waals surface area contributed by atoms with E-state index in [9.17, 15) is 9.90 Å². The molecule has 1 aromatic carbocycles. The van der Waals surface area contributed by atoms with Gasteiger partial charge in [0.15, 0.2) is 0 Å². The highest BCUT2D eigenvalue weighted by Gasteiger charge is 2.21. The maximum atomic E-state index is 12.1. The summed E-state index contributed by atoms with van der Waals surface area (Å²) in [6.07, 6.45) is 3.41. The molecule has 0 heterocycles. The molecule has 1 aliphatic rings. The van der Waals surface area contributed by atoms with Gasteiger partial charge in [0.1, 0.15) is 5.75 Å². The van der Waals surface area contributed by atoms with Gasteiger partial charge in [-0.05, 0) is 38.7 Å². The van der Waals surface area contributed by atoms with E-state index in [1.54, 1.807) is 7.11 Å². The lowest BCUT2D eigenvalue weighted by Gasteiger charge is -2.26. The quantitative estimate of drug-likeness (QED) is 0.884. The lowest BCUT2D eigenvalue weighted by atomic mass is 9.93. The van der Waals surface area contributed by atoms with Gasteiger partial charge in [-0.3, -0.25) is 4.79 Å². The number of carbonyl (C=O) groups is 1. The molecule has 4 nitrogen and oxygen atoms in total. The van der Waals surface area contributed by atoms with Crippen LogP contribution in [0.25, 0.3) is 0 Å². The van der Waals surface area contributed by atoms with Crippen molar-refractivity contribution in [3.8, 4) is 5.75 Å². The first-order chi connectivity index (χ1) is 9.58. The van der Waals surface area contributed by atoms with Crippen molar-refractivity contribution in [1.29, 1.82) is 0 Å². The number of aryl methyl sites for hydroxylation is 1. The Hall–Kier alpha value is -1.55. The number of nitrogens with one attached hydrogen (secondary N) is 1. The predicted octanol–water partition coefficient (Wildman–Crippen LogP) is 1.97. The number of aliphatic hydroxyl groups excluding tert-OH is 1. The van der Waals surface area contributed by atoms with Crippen LogP contribution in [-0.4, -0.2) is 30.3 Å². The van der Waals surface area contributed by atoms with Gasteiger partial charge >= 0.3 is 0 Å². The van der Waals surface area contributed by atoms with E-state index in [1.807, 2.05) is 25.1 Å². The van der Waals surface area contributed by atoms with Gasteiger partial charge in [0.2, 0.25) is 5.91 Å². The standard InChI is InChI=1S/C16H23NO3/c1-11-3-8-15(20-2)12(9-11)10-16(19)17-13-4-6-14(18)7-5-13/h3,8-9,13-14,18H,4-7,10H2,1-2H3,(H,17,19). The molecule has 0 aromatic heterocycles. The van der Waals surface area contributed by atoms with Crippen LogP contribution in [0.2, 0.25) is 0 Å². The summed E-state index contributed by atoms with van der Waals surface area (Å²) < 4.78 is 5.29. The second kappa shape index (κ2) is 6.75. The molecule has 1 amide bonds. The highest BCUT2D eigenvalue weighted by atomic mass is 16.5. The molecule has 1 aliphatic carbocycles. The van der Waals surface area contributed by atoms with Gasteiger partial charge in [0.25, 0.3) is 0 Å². The highest BCUT2D eigenvalue weighted by Crippen LogP contribution is 2.21. The normalized spacial score (nSPS) is 22.4. The van der Waals surface area contributed by atoms with Crippen LogP contribution in [0.15, 0.2) is 18.2 Å². The Labute approximate surface area is 120 Å². The van der Waals surface area contributed by atoms with Crippen LogP contribution >= 0.6 is 0 Å². The van der Waals surface area contributed by atoms with Crippen LogP contribution < -0.4 is 10.1 Å². The average molecular weight is 277 g/mol. The molecule has 20 heavy (non-hydrogen) atoms. The molecule has 1 aromatic rings. The second-order valence-corrected chi connectivity index (χ2v) is 5.57. The van der Waals surface area contributed by atoms with Crippen LogP contribution in [-0.2, 0) is 11.2 Å². The number of amides is 1. The molecular weight excluding hydrogens is 254 g/mol. The highest BCUT2D eigenvalue weighted by molar-refractivity contribution is 5.79. The first-order valence-corrected chi connectivity index (χ1v) is 7.19. The summed E-state index contributed by atoms with van der Waals surface area (Å²) in [7, 11) is 1.62. The van der Waals surface area contributed by atoms with Gasteiger partial charge in [-0.1, -0.05) is 17.7 Å². The van der Waals surface area contributed by atoms with Crippen LogP contribution in [0.5, 0.6) is 5.75 Å². The molecule has 0 spiro atoms. The molecule has 4 heteroatoms. The Morgan fingerprint density at radius 1 is 1.35 bits per heavy atom. The van der Waals surface area contributed by atoms with Crippen LogP contribution in [0.1, 0.15) is 36.8 Å². The number of carbonyl (C=O) groups excluding carboxylic acids is 1. The fraction of sp³-hybridized carbons (Fsp3) is 0.562. The zero-order chi connectivity index (χ0) is 14.5. The zero-order valence-corrected chi connectivity index (χ0v) is 12.2. The maximum absolute atomic E-state index is 12.1. The van der Waals surface area contributed by atoms with Crippen molar-refractivity contribution in [2.75, 3.05) is 7.11 Å². The lowest BCUT2D eigenvalue weighted by Crippen LogP contribution is -2.39. The van der Waals surface area contributed by atoms with E-state index in [2.05, 4.69) is 5.32 Å². The van der Waals surface area contributed by atoms with Gasteiger partial charge in [-0.2, -0.15) is 0 Å². The largest absolute Gasteiger partial charge is 0.496 e. The van der Waals surface area contributed by atoms with Gasteiger partial charge in [0.05, 0.1) is 19.6 Å². The minimum atomic E-state index is -0.194. The Bertz CT molecular complexity index is 465. The van der Waals surface area contributed by atoms with Gasteiger partial charge in [-0.15, -0.1) is 0 Å². The fourth-order valence-corrected chi connectivity index (χ4v) is 2.72. The summed E-state index contributed by atoms with van der Waals surface area (Å²) >= 11 is 0. The van der Waals surface area contributed by atoms with E-state index in [1.165, 1.54) is 0 Å². The number of hydrogen-bond donors (Lipinski definition) is 2. The molecule has 2 N–H and O–H groups in total. The van der Waals surface area contributed by atoms with Gasteiger partial charge in [-0.25, -0.2) is 0 Å². The Kier molecular flexibility index (Phi) is 5.01. The first kappa shape index (κ1) is 14.9. The molecule has 0 saturated heterocycles. The molecule has 1 fully saturated rings. The van der Waals surface area contributed by atoms with E-state index < -0.39 is 0 Å². The van der Waals surface area contributed by atoms with Gasteiger partial charge < -0.3 is 15.2 Å². The minimum absolute atomic E-state index is 0.0234. The van der Waals surface area contributed by atoms with Crippen molar-refractivity contribution >= 4 is 5.91 Å². The van der Waals surface area contributed by atoms with Crippen LogP contribution in [0, 0.1) is 6.92 Å². The third-order valence-corrected chi connectivity index (χ3v) is 3.85. The molecule has 0 atom stereocenters. The van der Waals surface area contributed by atoms with Crippen molar-refractivity contribution in [2.45, 2.75) is 51.2 Å². The SMILES string of the molecule is COc1ccc(C)cc1CC(=O)NC1CCC(O)CC1. The van der Waals surface area contributed by atoms with Crippen molar-refractivity contribution in [2.24, 2.45) is 0 Å². The monoisotopic (exact) mass is 277 g/mol. The third kappa shape index (κ3) is 3.97. The zero-order valence-electron chi connectivity index (χ0n) is 12.2. The lowest BCUT2D eigenvalue weighted by molar-refractivity contribution is -0.121. The van der Waals surface area contributed by atoms with Crippen LogP contribution in [0.4, 0.5) is 0 Å². The summed E-state index contributed by atoms with van der Waals surface area (Å²) in [5, 5.41) is 12.5. The van der Waals surface area contributed by atoms with E-state index in [4.69, 9.17) is 4.74 Å². The maximum Gasteiger partial charge on any atom is 0.224 e. The number of aliphatic hydroxyl groups is 1. The number of methoxy groups -OCH3 is 1. The van der Waals surface area contributed by atoms with Crippen molar-refractivity contribution < 1.29 is 14.6 Å². The predicted molar refractivity (Wildman–Crippen MR) is 77.8 cm³/mol. The third-order valence-electron chi connectivity index (χ3n) is 3.85. The minimum Gasteiger partial charge on any atom is -0.496 e. The topological polar surface area (TPSA) is 58.6 Å². The number of benzene rings is 1. The smallest absolute Gasteiger partial charge is 0.224 e. The van der Waals surface area contributed by atoms with E-state index in [0.717, 1.165) is 42.6 Å². The number of ether oxygens (including phenoxy) is 1. The molecule has 0 aliphatic heterocycles. The van der Waals surface area contributed by atoms with Gasteiger partial charge in [0, 0.05) is 11.6 Å². The molecule has 2 rings (SSSR count). The molecule has 1 saturated carbocycles. The van der Waals surface area contributed by atoms with E-state index in [-0.39, 0.29) is 18.1 Å². The van der Waals surface area contributed by atoms with Crippen molar-refractivity contribution in [3.63, 3.8) is 0 Å². The summed E-state index contributed by atoms with van der Waals surface area (Å²) in [5.41, 5.74) is 2.04. The Morgan fingerprint density at radius 3 is 2.70 bits per heavy atom. The molecule has 0 bridgehead atoms. The molecule has 110 valence electrons. The summed E-state index contributed by atoms with van der Waals surface area (Å²) in [4.78, 5) is 12.1. The Morgan fingerprint density at radius 2 is 2.05 bits per heavy atom. The van der Waals surface area contributed by atoms with Crippen molar-refractivity contribution in [1.82, 2.24) is 5.32 Å². The second-order valence-electron chi connectivity index (χ2n) is 5.57. The number of hydrogen-bond acceptors (Lipinski definition) is 3. The van der Waals surface area contributed by atoms with E-state index in [0.29, 0.717) is 6.42 Å². The van der Waals surface area contributed by atoms with Crippen LogP contribution in [0.3, 0.4) is 0 Å². The molecule has 0 radical (unpaired) electrons. The van der Waals surface area contributed by atoms with Crippen molar-refractivity contribution in [3.05, 3.63) is 29.3 Å². The average Bonchev–Trinajstić information content (AvgIpc) is 2.41. The van der Waals surface area contributed by atoms with E-state index >= 15 is 0 Å². The summed E-state index contributed by atoms with van der Waals surface area (Å²) in [5.74, 6) is 0.778. The summed E-state index contributed by atoms with van der Waals surface area (Å²) in [6, 6.07) is 6.06. The Balaban J connectivity index is 1.92. The first-order valence-electron chi connectivity index (χ1n) is 7.19. The number of rotatable bonds is 4. The fourth-order valence-electron chi connectivity index (χ4n) is 2.72.